The van der Waals surface area contributed by atoms with Crippen molar-refractivity contribution in [1.82, 2.24) is 4.57 Å². The molecular weight excluding hydrogens is 1080 g/mol. The second-order valence-corrected chi connectivity index (χ2v) is 23.5. The van der Waals surface area contributed by atoms with Crippen molar-refractivity contribution in [3.63, 3.8) is 0 Å². The maximum Gasteiger partial charge on any atom is 0.309 e. The van der Waals surface area contributed by atoms with Gasteiger partial charge in [-0.25, -0.2) is 4.39 Å². The zero-order valence-electron chi connectivity index (χ0n) is 52.2. The molecule has 14 heteroatoms. The smallest absolute Gasteiger partial charge is 0.309 e. The highest BCUT2D eigenvalue weighted by atomic mass is 19.1. The van der Waals surface area contributed by atoms with Crippen molar-refractivity contribution < 1.29 is 57.5 Å². The number of nitrogens with zero attached hydrogens (tertiary/aromatic N) is 1. The summed E-state index contributed by atoms with van der Waals surface area (Å²) in [6, 6.07) is 24.7. The molecule has 2 atom stereocenters. The summed E-state index contributed by atoms with van der Waals surface area (Å²) < 4.78 is 38.3. The van der Waals surface area contributed by atoms with Crippen molar-refractivity contribution in [2.45, 2.75) is 264 Å². The summed E-state index contributed by atoms with van der Waals surface area (Å²) in [6.07, 6.45) is 27.0. The summed E-state index contributed by atoms with van der Waals surface area (Å²) >= 11 is 0. The van der Waals surface area contributed by atoms with E-state index in [1.54, 1.807) is 24.3 Å². The molecule has 0 unspecified atom stereocenters. The third kappa shape index (κ3) is 29.9. The Bertz CT molecular complexity index is 2420. The van der Waals surface area contributed by atoms with E-state index in [2.05, 4.69) is 19.2 Å². The third-order valence-electron chi connectivity index (χ3n) is 15.6. The van der Waals surface area contributed by atoms with Gasteiger partial charge in [-0.05, 0) is 79.1 Å². The number of unbranched alkanes of at least 4 members (excludes halogenated alkanes) is 24. The van der Waals surface area contributed by atoms with E-state index in [0.29, 0.717) is 46.6 Å². The van der Waals surface area contributed by atoms with E-state index in [1.807, 2.05) is 66.9 Å². The lowest BCUT2D eigenvalue weighted by molar-refractivity contribution is -0.168. The SMILES string of the molecule is CCCCCCCCCCCCCCCC(=O)OCC(COC(=O)CCCCCCCCCCCCCCC)OC(=O)CCOC(=O)C[C@H](O)C[C@H](O)CCn1c(-c2ccc(F)cc2)c(-c2ccccc2)c(C(=O)Nc2ccccc2)c1C(C)C. The number of ether oxygens (including phenoxy) is 4. The zero-order chi connectivity index (χ0) is 61.3. The predicted octanol–water partition coefficient (Wildman–Crippen LogP) is 17.1. The van der Waals surface area contributed by atoms with E-state index in [9.17, 15) is 38.6 Å². The number of hydrogen-bond donors (Lipinski definition) is 3. The van der Waals surface area contributed by atoms with Crippen molar-refractivity contribution in [2.24, 2.45) is 0 Å². The first-order valence-electron chi connectivity index (χ1n) is 32.8. The Balaban J connectivity index is 1.27. The Hall–Kier alpha value is -5.86. The van der Waals surface area contributed by atoms with E-state index in [1.165, 1.54) is 128 Å². The number of benzene rings is 3. The molecule has 0 aliphatic rings. The number of anilines is 1. The molecular formula is C71H105FN2O11. The minimum atomic E-state index is -1.29. The van der Waals surface area contributed by atoms with Crippen LogP contribution < -0.4 is 5.32 Å². The summed E-state index contributed by atoms with van der Waals surface area (Å²) in [6.45, 7) is 7.70. The minimum absolute atomic E-state index is 0.124. The van der Waals surface area contributed by atoms with Gasteiger partial charge in [0.1, 0.15) is 25.6 Å². The lowest BCUT2D eigenvalue weighted by Crippen LogP contribution is -2.31. The number of amides is 1. The molecule has 0 radical (unpaired) electrons. The molecule has 4 aromatic rings. The Morgan fingerprint density at radius 3 is 1.45 bits per heavy atom. The van der Waals surface area contributed by atoms with Crippen LogP contribution in [0.1, 0.15) is 255 Å². The van der Waals surface area contributed by atoms with Crippen LogP contribution in [0.25, 0.3) is 22.4 Å². The van der Waals surface area contributed by atoms with Gasteiger partial charge in [-0.15, -0.1) is 0 Å². The van der Waals surface area contributed by atoms with Gasteiger partial charge in [-0.2, -0.15) is 0 Å². The number of aromatic nitrogens is 1. The minimum Gasteiger partial charge on any atom is -0.465 e. The van der Waals surface area contributed by atoms with Gasteiger partial charge in [0.25, 0.3) is 5.91 Å². The van der Waals surface area contributed by atoms with Gasteiger partial charge in [-0.3, -0.25) is 24.0 Å². The molecule has 0 fully saturated rings. The van der Waals surface area contributed by atoms with E-state index >= 15 is 0 Å². The highest BCUT2D eigenvalue weighted by Crippen LogP contribution is 2.43. The van der Waals surface area contributed by atoms with Crippen molar-refractivity contribution in [3.8, 4) is 22.4 Å². The first kappa shape index (κ1) is 71.6. The Morgan fingerprint density at radius 2 is 0.976 bits per heavy atom. The summed E-state index contributed by atoms with van der Waals surface area (Å²) in [5, 5.41) is 25.5. The average molecular weight is 1180 g/mol. The zero-order valence-corrected chi connectivity index (χ0v) is 52.2. The fraction of sp³-hybridized carbons (Fsp3) is 0.620. The monoisotopic (exact) mass is 1180 g/mol. The molecule has 0 bridgehead atoms. The van der Waals surface area contributed by atoms with Gasteiger partial charge in [0.05, 0.1) is 36.3 Å². The van der Waals surface area contributed by atoms with E-state index in [4.69, 9.17) is 18.9 Å². The van der Waals surface area contributed by atoms with Gasteiger partial charge in [-0.1, -0.05) is 230 Å². The first-order valence-corrected chi connectivity index (χ1v) is 32.8. The fourth-order valence-corrected chi connectivity index (χ4v) is 11.0. The Morgan fingerprint density at radius 1 is 0.518 bits per heavy atom. The van der Waals surface area contributed by atoms with Crippen LogP contribution in [0.4, 0.5) is 10.1 Å². The average Bonchev–Trinajstić information content (AvgIpc) is 3.13. The van der Waals surface area contributed by atoms with Crippen LogP contribution >= 0.6 is 0 Å². The second-order valence-electron chi connectivity index (χ2n) is 23.5. The van der Waals surface area contributed by atoms with Gasteiger partial charge >= 0.3 is 23.9 Å². The molecule has 4 rings (SSSR count). The topological polar surface area (TPSA) is 180 Å². The first-order chi connectivity index (χ1) is 41.3. The molecule has 472 valence electrons. The highest BCUT2D eigenvalue weighted by molar-refractivity contribution is 6.12. The van der Waals surface area contributed by atoms with Crippen LogP contribution in [-0.2, 0) is 44.7 Å². The summed E-state index contributed by atoms with van der Waals surface area (Å²) in [5.41, 5.74) is 4.51. The third-order valence-corrected chi connectivity index (χ3v) is 15.6. The van der Waals surface area contributed by atoms with Crippen molar-refractivity contribution in [1.29, 1.82) is 0 Å². The number of para-hydroxylation sites is 1. The maximum absolute atomic E-state index is 14.4. The molecule has 0 saturated heterocycles. The maximum atomic E-state index is 14.4. The molecule has 1 heterocycles. The molecule has 0 spiro atoms. The predicted molar refractivity (Wildman–Crippen MR) is 338 cm³/mol. The highest BCUT2D eigenvalue weighted by Gasteiger charge is 2.31. The molecule has 0 aliphatic heterocycles. The fourth-order valence-electron chi connectivity index (χ4n) is 11.0. The van der Waals surface area contributed by atoms with Crippen LogP contribution in [0.2, 0.25) is 0 Å². The van der Waals surface area contributed by atoms with Gasteiger partial charge in [0.15, 0.2) is 6.10 Å². The van der Waals surface area contributed by atoms with E-state index < -0.39 is 54.4 Å². The quantitative estimate of drug-likeness (QED) is 0.0218. The number of esters is 4. The molecule has 85 heavy (non-hydrogen) atoms. The lowest BCUT2D eigenvalue weighted by Gasteiger charge is -2.20. The number of rotatable bonds is 48. The number of halogens is 1. The number of aliphatic hydroxyl groups excluding tert-OH is 2. The van der Waals surface area contributed by atoms with Crippen LogP contribution in [0, 0.1) is 5.82 Å². The van der Waals surface area contributed by atoms with Crippen LogP contribution in [0.15, 0.2) is 84.9 Å². The van der Waals surface area contributed by atoms with Gasteiger partial charge in [0.2, 0.25) is 0 Å². The largest absolute Gasteiger partial charge is 0.465 e. The lowest BCUT2D eigenvalue weighted by atomic mass is 9.94. The molecule has 13 nitrogen and oxygen atoms in total. The molecule has 1 amide bonds. The standard InChI is InChI=1S/C71H105FN2O11/c1-5-7-9-11-13-15-17-19-21-23-25-27-35-41-63(77)83-53-62(54-84-64(78)42-36-28-26-24-22-20-18-16-14-12-10-8-6-2)85-65(79)48-50-82-66(80)52-61(76)51-60(75)47-49-74-69(55(3)4)68(71(81)73-59-39-33-30-34-40-59)67(56-37-31-29-32-38-56)70(74)57-43-45-58(72)46-44-57/h29-34,37-40,43-46,55,60-62,75-76H,5-28,35-36,41-42,47-54H2,1-4H3,(H,73,81)/t60-,61-/m1/s1. The molecule has 3 N–H and O–H groups in total. The molecule has 1 aromatic heterocycles. The summed E-state index contributed by atoms with van der Waals surface area (Å²) in [4.78, 5) is 66.1. The number of aliphatic hydroxyl groups is 2. The number of nitrogens with one attached hydrogen (secondary N) is 1. The summed E-state index contributed by atoms with van der Waals surface area (Å²) in [5.74, 6) is -3.32. The van der Waals surface area contributed by atoms with E-state index in [0.717, 1.165) is 44.1 Å². The number of hydrogen-bond acceptors (Lipinski definition) is 11. The Labute approximate surface area is 508 Å². The number of carbonyl (C=O) groups excluding carboxylic acids is 5. The normalized spacial score (nSPS) is 12.1. The van der Waals surface area contributed by atoms with Crippen LogP contribution in [0.3, 0.4) is 0 Å². The molecule has 0 aliphatic carbocycles. The van der Waals surface area contributed by atoms with Crippen molar-refractivity contribution in [2.75, 3.05) is 25.1 Å². The van der Waals surface area contributed by atoms with Crippen LogP contribution in [-0.4, -0.2) is 82.7 Å². The number of carbonyl (C=O) groups is 5. The Kier molecular flexibility index (Phi) is 36.8. The summed E-state index contributed by atoms with van der Waals surface area (Å²) in [7, 11) is 0. The second kappa shape index (κ2) is 43.7. The van der Waals surface area contributed by atoms with Crippen LogP contribution in [0.5, 0.6) is 0 Å². The molecule has 0 saturated carbocycles. The van der Waals surface area contributed by atoms with Crippen molar-refractivity contribution in [3.05, 3.63) is 102 Å². The van der Waals surface area contributed by atoms with Gasteiger partial charge < -0.3 is 39.0 Å². The van der Waals surface area contributed by atoms with E-state index in [-0.39, 0.29) is 70.3 Å². The van der Waals surface area contributed by atoms with Gasteiger partial charge in [0, 0.05) is 36.3 Å². The van der Waals surface area contributed by atoms with Crippen molar-refractivity contribution >= 4 is 35.5 Å². The molecule has 3 aromatic carbocycles.